The predicted octanol–water partition coefficient (Wildman–Crippen LogP) is 5.83. The fourth-order valence-corrected chi connectivity index (χ4v) is 3.91. The van der Waals surface area contributed by atoms with Gasteiger partial charge in [0, 0.05) is 11.6 Å². The average Bonchev–Trinajstić information content (AvgIpc) is 3.18. The van der Waals surface area contributed by atoms with E-state index < -0.39 is 0 Å². The molecule has 0 aliphatic rings. The van der Waals surface area contributed by atoms with Crippen molar-refractivity contribution in [2.24, 2.45) is 5.16 Å². The summed E-state index contributed by atoms with van der Waals surface area (Å²) in [7, 11) is 1.55. The van der Waals surface area contributed by atoms with E-state index in [-0.39, 0.29) is 5.55 Å². The van der Waals surface area contributed by atoms with E-state index in [0.717, 1.165) is 15.8 Å². The standard InChI is InChI=1S/C19H12Cl2N2O3S/c1-25-15-4-2-3-11-7-12(18(23-24)26-17(11)15)19-22-9-16(27-19)10-5-6-13(20)14(21)8-10/h2-9,24H,1H3. The van der Waals surface area contributed by atoms with E-state index in [0.29, 0.717) is 31.9 Å². The molecule has 8 heteroatoms. The van der Waals surface area contributed by atoms with E-state index >= 15 is 0 Å². The fraction of sp³-hybridized carbons (Fsp3) is 0.0526. The molecule has 2 aromatic heterocycles. The summed E-state index contributed by atoms with van der Waals surface area (Å²) in [6.45, 7) is 0. The Labute approximate surface area is 168 Å². The minimum absolute atomic E-state index is 0.0574. The van der Waals surface area contributed by atoms with E-state index in [9.17, 15) is 5.21 Å². The van der Waals surface area contributed by atoms with Gasteiger partial charge in [-0.05, 0) is 35.0 Å². The maximum atomic E-state index is 9.43. The van der Waals surface area contributed by atoms with Gasteiger partial charge in [-0.3, -0.25) is 0 Å². The van der Waals surface area contributed by atoms with Gasteiger partial charge < -0.3 is 14.4 Å². The van der Waals surface area contributed by atoms with Crippen LogP contribution in [0.25, 0.3) is 32.0 Å². The van der Waals surface area contributed by atoms with E-state index in [1.807, 2.05) is 24.3 Å². The van der Waals surface area contributed by atoms with E-state index in [1.165, 1.54) is 11.3 Å². The molecule has 2 aromatic carbocycles. The van der Waals surface area contributed by atoms with Crippen LogP contribution in [0.4, 0.5) is 0 Å². The molecule has 0 atom stereocenters. The van der Waals surface area contributed by atoms with Gasteiger partial charge in [-0.1, -0.05) is 41.4 Å². The Morgan fingerprint density at radius 2 is 2.00 bits per heavy atom. The van der Waals surface area contributed by atoms with Gasteiger partial charge in [0.25, 0.3) is 5.55 Å². The number of ether oxygens (including phenoxy) is 1. The maximum Gasteiger partial charge on any atom is 0.266 e. The first kappa shape index (κ1) is 17.9. The van der Waals surface area contributed by atoms with Crippen molar-refractivity contribution in [3.8, 4) is 26.8 Å². The number of halogens is 2. The van der Waals surface area contributed by atoms with E-state index in [1.54, 1.807) is 31.5 Å². The summed E-state index contributed by atoms with van der Waals surface area (Å²) in [5, 5.41) is 15.1. The minimum atomic E-state index is 0.0574. The number of hydrogen-bond acceptors (Lipinski definition) is 6. The second-order valence-corrected chi connectivity index (χ2v) is 7.45. The molecular weight excluding hydrogens is 407 g/mol. The van der Waals surface area contributed by atoms with Gasteiger partial charge in [-0.2, -0.15) is 0 Å². The Morgan fingerprint density at radius 3 is 2.74 bits per heavy atom. The molecule has 0 unspecified atom stereocenters. The normalized spacial score (nSPS) is 11.9. The highest BCUT2D eigenvalue weighted by molar-refractivity contribution is 7.18. The van der Waals surface area contributed by atoms with Gasteiger partial charge in [-0.25, -0.2) is 4.98 Å². The lowest BCUT2D eigenvalue weighted by molar-refractivity contribution is 0.276. The highest BCUT2D eigenvalue weighted by Gasteiger charge is 2.14. The zero-order valence-corrected chi connectivity index (χ0v) is 16.3. The zero-order chi connectivity index (χ0) is 19.0. The van der Waals surface area contributed by atoms with Crippen molar-refractivity contribution >= 4 is 45.5 Å². The average molecular weight is 419 g/mol. The number of para-hydroxylation sites is 1. The molecule has 4 aromatic rings. The number of aromatic nitrogens is 1. The quantitative estimate of drug-likeness (QED) is 0.335. The number of hydrogen-bond donors (Lipinski definition) is 1. The molecule has 2 heterocycles. The lowest BCUT2D eigenvalue weighted by Crippen LogP contribution is -2.05. The van der Waals surface area contributed by atoms with Gasteiger partial charge in [0.2, 0.25) is 0 Å². The largest absolute Gasteiger partial charge is 0.493 e. The molecule has 0 saturated carbocycles. The third-order valence-corrected chi connectivity index (χ3v) is 5.81. The van der Waals surface area contributed by atoms with Crippen LogP contribution in [0.15, 0.2) is 58.2 Å². The summed E-state index contributed by atoms with van der Waals surface area (Å²) < 4.78 is 11.1. The molecule has 5 nitrogen and oxygen atoms in total. The molecule has 4 rings (SSSR count). The van der Waals surface area contributed by atoms with Gasteiger partial charge in [0.1, 0.15) is 5.01 Å². The predicted molar refractivity (Wildman–Crippen MR) is 107 cm³/mol. The molecule has 0 fully saturated rings. The highest BCUT2D eigenvalue weighted by Crippen LogP contribution is 2.35. The van der Waals surface area contributed by atoms with Crippen LogP contribution in [0.3, 0.4) is 0 Å². The third-order valence-electron chi connectivity index (χ3n) is 3.99. The van der Waals surface area contributed by atoms with E-state index in [4.69, 9.17) is 32.4 Å². The smallest absolute Gasteiger partial charge is 0.266 e. The van der Waals surface area contributed by atoms with Crippen molar-refractivity contribution < 1.29 is 14.4 Å². The number of thiazole rings is 1. The topological polar surface area (TPSA) is 67.9 Å². The second kappa shape index (κ2) is 7.23. The second-order valence-electron chi connectivity index (χ2n) is 5.60. The van der Waals surface area contributed by atoms with Crippen LogP contribution < -0.4 is 10.3 Å². The first-order valence-electron chi connectivity index (χ1n) is 7.81. The number of benzene rings is 2. The minimum Gasteiger partial charge on any atom is -0.493 e. The molecule has 0 bridgehead atoms. The fourth-order valence-electron chi connectivity index (χ4n) is 2.69. The van der Waals surface area contributed by atoms with Crippen LogP contribution in [0.2, 0.25) is 10.0 Å². The molecule has 136 valence electrons. The van der Waals surface area contributed by atoms with Gasteiger partial charge in [0.05, 0.1) is 27.6 Å². The molecule has 0 spiro atoms. The van der Waals surface area contributed by atoms with Crippen molar-refractivity contribution in [2.75, 3.05) is 7.11 Å². The SMILES string of the molecule is COc1cccc2cc(-c3ncc(-c4ccc(Cl)c(Cl)c4)s3)c(=NO)oc12. The van der Waals surface area contributed by atoms with Crippen LogP contribution in [0.1, 0.15) is 0 Å². The Bertz CT molecular complexity index is 1220. The number of rotatable bonds is 3. The Morgan fingerprint density at radius 1 is 1.15 bits per heavy atom. The molecule has 27 heavy (non-hydrogen) atoms. The first-order valence-corrected chi connectivity index (χ1v) is 9.38. The lowest BCUT2D eigenvalue weighted by Gasteiger charge is -2.05. The maximum absolute atomic E-state index is 9.43. The van der Waals surface area contributed by atoms with Crippen LogP contribution in [0, 0.1) is 0 Å². The molecule has 1 N–H and O–H groups in total. The molecule has 0 amide bonds. The number of methoxy groups -OCH3 is 1. The number of nitrogens with zero attached hydrogens (tertiary/aromatic N) is 2. The van der Waals surface area contributed by atoms with Crippen LogP contribution in [-0.4, -0.2) is 17.3 Å². The van der Waals surface area contributed by atoms with Crippen molar-refractivity contribution in [2.45, 2.75) is 0 Å². The van der Waals surface area contributed by atoms with Crippen LogP contribution >= 0.6 is 34.5 Å². The summed E-state index contributed by atoms with van der Waals surface area (Å²) in [6, 6.07) is 12.8. The van der Waals surface area contributed by atoms with Crippen molar-refractivity contribution in [1.29, 1.82) is 0 Å². The summed E-state index contributed by atoms with van der Waals surface area (Å²) in [4.78, 5) is 5.35. The lowest BCUT2D eigenvalue weighted by atomic mass is 10.2. The Balaban J connectivity index is 1.85. The zero-order valence-electron chi connectivity index (χ0n) is 13.9. The van der Waals surface area contributed by atoms with Gasteiger partial charge >= 0.3 is 0 Å². The van der Waals surface area contributed by atoms with Crippen LogP contribution in [-0.2, 0) is 0 Å². The Kier molecular flexibility index (Phi) is 4.78. The summed E-state index contributed by atoms with van der Waals surface area (Å²) in [5.74, 6) is 0.555. The summed E-state index contributed by atoms with van der Waals surface area (Å²) >= 11 is 13.5. The molecule has 0 aliphatic heterocycles. The van der Waals surface area contributed by atoms with Crippen molar-refractivity contribution in [1.82, 2.24) is 4.98 Å². The monoisotopic (exact) mass is 418 g/mol. The van der Waals surface area contributed by atoms with Crippen LogP contribution in [0.5, 0.6) is 5.75 Å². The molecule has 0 aliphatic carbocycles. The van der Waals surface area contributed by atoms with Crippen molar-refractivity contribution in [3.05, 3.63) is 64.3 Å². The highest BCUT2D eigenvalue weighted by atomic mass is 35.5. The van der Waals surface area contributed by atoms with Gasteiger partial charge in [-0.15, -0.1) is 11.3 Å². The third kappa shape index (κ3) is 3.27. The summed E-state index contributed by atoms with van der Waals surface area (Å²) in [5.41, 5.74) is 2.03. The number of fused-ring (bicyclic) bond motifs is 1. The summed E-state index contributed by atoms with van der Waals surface area (Å²) in [6.07, 6.45) is 1.73. The van der Waals surface area contributed by atoms with Gasteiger partial charge in [0.15, 0.2) is 11.3 Å². The van der Waals surface area contributed by atoms with Crippen molar-refractivity contribution in [3.63, 3.8) is 0 Å². The molecular formula is C19H12Cl2N2O3S. The molecule has 0 saturated heterocycles. The van der Waals surface area contributed by atoms with E-state index in [2.05, 4.69) is 10.1 Å². The Hall–Kier alpha value is -2.54. The molecule has 0 radical (unpaired) electrons. The first-order chi connectivity index (χ1) is 13.1.